The number of aliphatic hydroxyl groups is 1. The summed E-state index contributed by atoms with van der Waals surface area (Å²) in [5, 5.41) is 10.2. The molecule has 0 aliphatic carbocycles. The van der Waals surface area contributed by atoms with Crippen LogP contribution in [0, 0.1) is 6.92 Å². The van der Waals surface area contributed by atoms with Crippen LogP contribution in [0.1, 0.15) is 29.2 Å². The van der Waals surface area contributed by atoms with Gasteiger partial charge in [-0.25, -0.2) is 0 Å². The molecule has 3 heteroatoms. The van der Waals surface area contributed by atoms with Crippen LogP contribution in [0.15, 0.2) is 48.8 Å². The van der Waals surface area contributed by atoms with E-state index in [0.717, 1.165) is 25.1 Å². The maximum absolute atomic E-state index is 10.2. The van der Waals surface area contributed by atoms with Crippen molar-refractivity contribution in [3.05, 3.63) is 65.5 Å². The molecular formula is C17H22N2O. The third kappa shape index (κ3) is 4.44. The number of hydrogen-bond donors (Lipinski definition) is 1. The highest BCUT2D eigenvalue weighted by Gasteiger charge is 2.09. The maximum Gasteiger partial charge on any atom is 0.0802 e. The molecule has 1 aromatic carbocycles. The number of aliphatic hydroxyl groups excluding tert-OH is 1. The highest BCUT2D eigenvalue weighted by molar-refractivity contribution is 5.23. The molecule has 2 aromatic rings. The molecule has 20 heavy (non-hydrogen) atoms. The van der Waals surface area contributed by atoms with Crippen molar-refractivity contribution < 1.29 is 5.11 Å². The molecule has 0 aliphatic heterocycles. The van der Waals surface area contributed by atoms with E-state index < -0.39 is 6.10 Å². The molecule has 0 amide bonds. The van der Waals surface area contributed by atoms with Crippen molar-refractivity contribution in [2.75, 3.05) is 13.6 Å². The van der Waals surface area contributed by atoms with Crippen LogP contribution in [0.5, 0.6) is 0 Å². The Morgan fingerprint density at radius 1 is 1.20 bits per heavy atom. The van der Waals surface area contributed by atoms with Gasteiger partial charge >= 0.3 is 0 Å². The Morgan fingerprint density at radius 3 is 2.60 bits per heavy atom. The first-order chi connectivity index (χ1) is 9.65. The van der Waals surface area contributed by atoms with E-state index in [0.29, 0.717) is 0 Å². The smallest absolute Gasteiger partial charge is 0.0802 e. The molecule has 2 rings (SSSR count). The summed E-state index contributed by atoms with van der Waals surface area (Å²) >= 11 is 0. The van der Waals surface area contributed by atoms with E-state index in [-0.39, 0.29) is 0 Å². The summed E-state index contributed by atoms with van der Waals surface area (Å²) in [6.45, 7) is 3.76. The molecule has 0 bridgehead atoms. The van der Waals surface area contributed by atoms with Gasteiger partial charge in [-0.15, -0.1) is 0 Å². The molecule has 0 aliphatic rings. The fourth-order valence-electron chi connectivity index (χ4n) is 2.18. The van der Waals surface area contributed by atoms with E-state index in [9.17, 15) is 5.11 Å². The Hall–Kier alpha value is -1.71. The minimum absolute atomic E-state index is 0.396. The number of pyridine rings is 1. The number of rotatable bonds is 6. The summed E-state index contributed by atoms with van der Waals surface area (Å²) in [6.07, 6.45) is 4.00. The van der Waals surface area contributed by atoms with Gasteiger partial charge in [0.1, 0.15) is 0 Å². The van der Waals surface area contributed by atoms with Crippen LogP contribution < -0.4 is 0 Å². The molecule has 0 radical (unpaired) electrons. The second-order valence-corrected chi connectivity index (χ2v) is 5.31. The Morgan fingerprint density at radius 2 is 1.95 bits per heavy atom. The van der Waals surface area contributed by atoms with Crippen LogP contribution >= 0.6 is 0 Å². The van der Waals surface area contributed by atoms with E-state index in [2.05, 4.69) is 29.9 Å². The van der Waals surface area contributed by atoms with Crippen molar-refractivity contribution in [1.82, 2.24) is 9.88 Å². The third-order valence-electron chi connectivity index (χ3n) is 3.42. The molecule has 1 N–H and O–H groups in total. The van der Waals surface area contributed by atoms with Gasteiger partial charge in [0.05, 0.1) is 6.10 Å². The fourth-order valence-corrected chi connectivity index (χ4v) is 2.18. The summed E-state index contributed by atoms with van der Waals surface area (Å²) in [4.78, 5) is 6.32. The van der Waals surface area contributed by atoms with Crippen molar-refractivity contribution in [1.29, 1.82) is 0 Å². The predicted molar refractivity (Wildman–Crippen MR) is 81.3 cm³/mol. The summed E-state index contributed by atoms with van der Waals surface area (Å²) in [5.41, 5.74) is 3.40. The first-order valence-corrected chi connectivity index (χ1v) is 6.97. The lowest BCUT2D eigenvalue weighted by molar-refractivity contribution is 0.147. The molecule has 1 aromatic heterocycles. The average Bonchev–Trinajstić information content (AvgIpc) is 2.46. The highest BCUT2D eigenvalue weighted by atomic mass is 16.3. The Bertz CT molecular complexity index is 510. The molecule has 106 valence electrons. The van der Waals surface area contributed by atoms with Gasteiger partial charge in [0.15, 0.2) is 0 Å². The Balaban J connectivity index is 1.81. The van der Waals surface area contributed by atoms with Crippen molar-refractivity contribution in [2.24, 2.45) is 0 Å². The van der Waals surface area contributed by atoms with Gasteiger partial charge < -0.3 is 10.0 Å². The van der Waals surface area contributed by atoms with Gasteiger partial charge in [-0.2, -0.15) is 0 Å². The molecule has 1 heterocycles. The van der Waals surface area contributed by atoms with Gasteiger partial charge in [-0.3, -0.25) is 4.98 Å². The maximum atomic E-state index is 10.2. The zero-order valence-electron chi connectivity index (χ0n) is 12.2. The topological polar surface area (TPSA) is 36.4 Å². The highest BCUT2D eigenvalue weighted by Crippen LogP contribution is 2.17. The first kappa shape index (κ1) is 14.7. The van der Waals surface area contributed by atoms with Gasteiger partial charge in [0, 0.05) is 25.5 Å². The molecule has 0 saturated heterocycles. The normalized spacial score (nSPS) is 12.6. The third-order valence-corrected chi connectivity index (χ3v) is 3.42. The van der Waals surface area contributed by atoms with E-state index in [4.69, 9.17) is 0 Å². The average molecular weight is 270 g/mol. The van der Waals surface area contributed by atoms with Crippen LogP contribution in [0.4, 0.5) is 0 Å². The summed E-state index contributed by atoms with van der Waals surface area (Å²) in [5.74, 6) is 0. The minimum Gasteiger partial charge on any atom is -0.388 e. The van der Waals surface area contributed by atoms with Gasteiger partial charge in [-0.05, 0) is 37.6 Å². The van der Waals surface area contributed by atoms with E-state index in [1.165, 1.54) is 11.1 Å². The van der Waals surface area contributed by atoms with Crippen LogP contribution in [-0.2, 0) is 6.54 Å². The number of benzene rings is 1. The van der Waals surface area contributed by atoms with E-state index in [1.807, 2.05) is 36.5 Å². The zero-order chi connectivity index (χ0) is 14.4. The SMILES string of the molecule is Cc1ccc(C(O)CCN(C)Cc2cccnc2)cc1. The second-order valence-electron chi connectivity index (χ2n) is 5.31. The van der Waals surface area contributed by atoms with Crippen molar-refractivity contribution in [2.45, 2.75) is 26.0 Å². The molecular weight excluding hydrogens is 248 g/mol. The zero-order valence-corrected chi connectivity index (χ0v) is 12.2. The fraction of sp³-hybridized carbons (Fsp3) is 0.353. The van der Waals surface area contributed by atoms with Gasteiger partial charge in [-0.1, -0.05) is 35.9 Å². The van der Waals surface area contributed by atoms with Crippen LogP contribution in [0.2, 0.25) is 0 Å². The second kappa shape index (κ2) is 7.17. The number of aryl methyl sites for hydroxylation is 1. The Labute approximate surface area is 120 Å². The number of hydrogen-bond acceptors (Lipinski definition) is 3. The van der Waals surface area contributed by atoms with Crippen molar-refractivity contribution in [3.8, 4) is 0 Å². The molecule has 0 fully saturated rings. The summed E-state index contributed by atoms with van der Waals surface area (Å²) in [6, 6.07) is 12.1. The predicted octanol–water partition coefficient (Wildman–Crippen LogP) is 2.95. The molecule has 0 saturated carbocycles. The molecule has 0 spiro atoms. The molecule has 1 unspecified atom stereocenters. The van der Waals surface area contributed by atoms with Crippen LogP contribution in [-0.4, -0.2) is 28.6 Å². The minimum atomic E-state index is -0.396. The van der Waals surface area contributed by atoms with Crippen LogP contribution in [0.25, 0.3) is 0 Å². The summed E-state index contributed by atoms with van der Waals surface area (Å²) < 4.78 is 0. The van der Waals surface area contributed by atoms with Crippen LogP contribution in [0.3, 0.4) is 0 Å². The lowest BCUT2D eigenvalue weighted by Crippen LogP contribution is -2.21. The van der Waals surface area contributed by atoms with E-state index >= 15 is 0 Å². The monoisotopic (exact) mass is 270 g/mol. The quantitative estimate of drug-likeness (QED) is 0.876. The molecule has 1 atom stereocenters. The lowest BCUT2D eigenvalue weighted by atomic mass is 10.0. The first-order valence-electron chi connectivity index (χ1n) is 6.97. The lowest BCUT2D eigenvalue weighted by Gasteiger charge is -2.19. The van der Waals surface area contributed by atoms with Gasteiger partial charge in [0.25, 0.3) is 0 Å². The van der Waals surface area contributed by atoms with Crippen molar-refractivity contribution >= 4 is 0 Å². The van der Waals surface area contributed by atoms with E-state index in [1.54, 1.807) is 6.20 Å². The summed E-state index contributed by atoms with van der Waals surface area (Å²) in [7, 11) is 2.06. The number of aromatic nitrogens is 1. The largest absolute Gasteiger partial charge is 0.388 e. The van der Waals surface area contributed by atoms with Gasteiger partial charge in [0.2, 0.25) is 0 Å². The number of nitrogens with zero attached hydrogens (tertiary/aromatic N) is 2. The van der Waals surface area contributed by atoms with Crippen molar-refractivity contribution in [3.63, 3.8) is 0 Å². The standard InChI is InChI=1S/C17H22N2O/c1-14-5-7-16(8-6-14)17(20)9-11-19(2)13-15-4-3-10-18-12-15/h3-8,10,12,17,20H,9,11,13H2,1-2H3. The molecule has 3 nitrogen and oxygen atoms in total. The Kier molecular flexibility index (Phi) is 5.27.